The molecule has 0 spiro atoms. The second-order valence-corrected chi connectivity index (χ2v) is 7.53. The molecule has 4 rings (SSSR count). The van der Waals surface area contributed by atoms with Crippen LogP contribution in [0.25, 0.3) is 22.3 Å². The average molecular weight is 488 g/mol. The third-order valence-electron chi connectivity index (χ3n) is 3.82. The van der Waals surface area contributed by atoms with Crippen molar-refractivity contribution in [1.29, 1.82) is 0 Å². The Morgan fingerprint density at radius 2 is 1.70 bits per heavy atom. The van der Waals surface area contributed by atoms with Crippen LogP contribution in [0.2, 0.25) is 0 Å². The average Bonchev–Trinajstić information content (AvgIpc) is 3.29. The Bertz CT molecular complexity index is 1140. The molecule has 27 heavy (non-hydrogen) atoms. The maximum Gasteiger partial charge on any atom is 0.307 e. The standard InChI is InChI=1S/C20H12Br2N2O3/c21-14-3-1-12(2-4-14)17-8-6-16(26-17)11-23-24-20(25)19-10-13-9-15(22)5-7-18(13)27-19/h1-11H,(H,24,25)/b23-11-. The topological polar surface area (TPSA) is 67.7 Å². The van der Waals surface area contributed by atoms with E-state index in [0.717, 1.165) is 25.7 Å². The number of benzene rings is 2. The van der Waals surface area contributed by atoms with Gasteiger partial charge in [-0.25, -0.2) is 5.43 Å². The summed E-state index contributed by atoms with van der Waals surface area (Å²) in [6, 6.07) is 18.6. The van der Waals surface area contributed by atoms with E-state index in [4.69, 9.17) is 8.83 Å². The monoisotopic (exact) mass is 486 g/mol. The summed E-state index contributed by atoms with van der Waals surface area (Å²) in [5.74, 6) is 1.01. The van der Waals surface area contributed by atoms with Gasteiger partial charge in [0.2, 0.25) is 0 Å². The Morgan fingerprint density at radius 1 is 0.926 bits per heavy atom. The molecule has 2 aromatic heterocycles. The predicted octanol–water partition coefficient (Wildman–Crippen LogP) is 5.98. The number of nitrogens with one attached hydrogen (secondary N) is 1. The highest BCUT2D eigenvalue weighted by Gasteiger charge is 2.12. The van der Waals surface area contributed by atoms with Crippen LogP contribution in [-0.4, -0.2) is 12.1 Å². The Kier molecular flexibility index (Phi) is 4.96. The van der Waals surface area contributed by atoms with Gasteiger partial charge in [-0.05, 0) is 48.5 Å². The summed E-state index contributed by atoms with van der Waals surface area (Å²) in [7, 11) is 0. The number of hydrogen-bond acceptors (Lipinski definition) is 4. The fourth-order valence-electron chi connectivity index (χ4n) is 2.53. The molecule has 1 amide bonds. The van der Waals surface area contributed by atoms with Gasteiger partial charge in [0.15, 0.2) is 5.76 Å². The summed E-state index contributed by atoms with van der Waals surface area (Å²) in [6.07, 6.45) is 1.44. The van der Waals surface area contributed by atoms with Crippen molar-refractivity contribution in [2.75, 3.05) is 0 Å². The molecule has 5 nitrogen and oxygen atoms in total. The number of hydrazone groups is 1. The van der Waals surface area contributed by atoms with Gasteiger partial charge in [-0.2, -0.15) is 5.10 Å². The molecule has 0 radical (unpaired) electrons. The molecule has 0 aliphatic rings. The summed E-state index contributed by atoms with van der Waals surface area (Å²) >= 11 is 6.79. The first-order valence-corrected chi connectivity index (χ1v) is 9.55. The quantitative estimate of drug-likeness (QED) is 0.284. The van der Waals surface area contributed by atoms with Crippen LogP contribution < -0.4 is 5.43 Å². The molecule has 0 aliphatic carbocycles. The van der Waals surface area contributed by atoms with Crippen molar-refractivity contribution < 1.29 is 13.6 Å². The molecule has 4 aromatic rings. The Hall–Kier alpha value is -2.64. The number of hydrogen-bond donors (Lipinski definition) is 1. The second-order valence-electron chi connectivity index (χ2n) is 5.70. The SMILES string of the molecule is O=C(N/N=C\c1ccc(-c2ccc(Br)cc2)o1)c1cc2cc(Br)ccc2o1. The number of halogens is 2. The highest BCUT2D eigenvalue weighted by atomic mass is 79.9. The number of fused-ring (bicyclic) bond motifs is 1. The van der Waals surface area contributed by atoms with E-state index in [0.29, 0.717) is 11.3 Å². The van der Waals surface area contributed by atoms with Gasteiger partial charge in [0, 0.05) is 19.9 Å². The highest BCUT2D eigenvalue weighted by molar-refractivity contribution is 9.10. The predicted molar refractivity (Wildman–Crippen MR) is 111 cm³/mol. The van der Waals surface area contributed by atoms with E-state index in [1.807, 2.05) is 42.5 Å². The first kappa shape index (κ1) is 17.8. The van der Waals surface area contributed by atoms with Crippen LogP contribution in [0.15, 0.2) is 83.5 Å². The zero-order valence-corrected chi connectivity index (χ0v) is 17.0. The molecule has 134 valence electrons. The highest BCUT2D eigenvalue weighted by Crippen LogP contribution is 2.24. The van der Waals surface area contributed by atoms with Crippen LogP contribution in [0, 0.1) is 0 Å². The molecule has 2 heterocycles. The van der Waals surface area contributed by atoms with Crippen molar-refractivity contribution in [3.8, 4) is 11.3 Å². The van der Waals surface area contributed by atoms with Crippen LogP contribution in [0.5, 0.6) is 0 Å². The lowest BCUT2D eigenvalue weighted by molar-refractivity contribution is 0.0929. The lowest BCUT2D eigenvalue weighted by atomic mass is 10.2. The maximum atomic E-state index is 12.2. The van der Waals surface area contributed by atoms with Gasteiger partial charge in [0.05, 0.1) is 6.21 Å². The van der Waals surface area contributed by atoms with Gasteiger partial charge < -0.3 is 8.83 Å². The lowest BCUT2D eigenvalue weighted by Crippen LogP contribution is -2.16. The normalized spacial score (nSPS) is 11.3. The number of nitrogens with zero attached hydrogens (tertiary/aromatic N) is 1. The molecule has 7 heteroatoms. The summed E-state index contributed by atoms with van der Waals surface area (Å²) in [5, 5.41) is 4.77. The van der Waals surface area contributed by atoms with Crippen LogP contribution in [-0.2, 0) is 0 Å². The summed E-state index contributed by atoms with van der Waals surface area (Å²) in [5.41, 5.74) is 4.03. The first-order chi connectivity index (χ1) is 13.1. The Labute approximate surface area is 171 Å². The number of amides is 1. The smallest absolute Gasteiger partial charge is 0.307 e. The third-order valence-corrected chi connectivity index (χ3v) is 4.84. The van der Waals surface area contributed by atoms with Gasteiger partial charge in [-0.3, -0.25) is 4.79 Å². The number of carbonyl (C=O) groups is 1. The first-order valence-electron chi connectivity index (χ1n) is 7.97. The van der Waals surface area contributed by atoms with E-state index in [-0.39, 0.29) is 5.76 Å². The fraction of sp³-hybridized carbons (Fsp3) is 0. The Morgan fingerprint density at radius 3 is 2.52 bits per heavy atom. The molecule has 0 bridgehead atoms. The molecule has 1 N–H and O–H groups in total. The van der Waals surface area contributed by atoms with Crippen LogP contribution in [0.1, 0.15) is 16.3 Å². The van der Waals surface area contributed by atoms with Gasteiger partial charge in [-0.15, -0.1) is 0 Å². The van der Waals surface area contributed by atoms with Crippen molar-refractivity contribution in [3.63, 3.8) is 0 Å². The minimum absolute atomic E-state index is 0.190. The van der Waals surface area contributed by atoms with Crippen LogP contribution >= 0.6 is 31.9 Å². The molecular weight excluding hydrogens is 476 g/mol. The van der Waals surface area contributed by atoms with E-state index in [2.05, 4.69) is 42.4 Å². The fourth-order valence-corrected chi connectivity index (χ4v) is 3.17. The second kappa shape index (κ2) is 7.54. The minimum Gasteiger partial charge on any atom is -0.455 e. The zero-order chi connectivity index (χ0) is 18.8. The van der Waals surface area contributed by atoms with Crippen molar-refractivity contribution in [1.82, 2.24) is 5.43 Å². The van der Waals surface area contributed by atoms with Crippen molar-refractivity contribution in [2.45, 2.75) is 0 Å². The molecule has 2 aromatic carbocycles. The van der Waals surface area contributed by atoms with Gasteiger partial charge in [-0.1, -0.05) is 44.0 Å². The van der Waals surface area contributed by atoms with E-state index in [9.17, 15) is 4.79 Å². The lowest BCUT2D eigenvalue weighted by Gasteiger charge is -1.96. The van der Waals surface area contributed by atoms with Gasteiger partial charge in [0.25, 0.3) is 0 Å². The number of furan rings is 2. The third kappa shape index (κ3) is 4.04. The molecule has 0 atom stereocenters. The number of carbonyl (C=O) groups excluding carboxylic acids is 1. The van der Waals surface area contributed by atoms with Crippen molar-refractivity contribution >= 4 is 55.0 Å². The van der Waals surface area contributed by atoms with Crippen molar-refractivity contribution in [2.24, 2.45) is 5.10 Å². The number of rotatable bonds is 4. The summed E-state index contributed by atoms with van der Waals surface area (Å²) < 4.78 is 13.2. The van der Waals surface area contributed by atoms with E-state index in [1.54, 1.807) is 18.2 Å². The Balaban J connectivity index is 1.44. The van der Waals surface area contributed by atoms with E-state index in [1.165, 1.54) is 6.21 Å². The zero-order valence-electron chi connectivity index (χ0n) is 13.8. The summed E-state index contributed by atoms with van der Waals surface area (Å²) in [6.45, 7) is 0. The molecule has 0 saturated heterocycles. The van der Waals surface area contributed by atoms with Crippen molar-refractivity contribution in [3.05, 3.63) is 81.1 Å². The van der Waals surface area contributed by atoms with Crippen LogP contribution in [0.3, 0.4) is 0 Å². The molecule has 0 fully saturated rings. The molecular formula is C20H12Br2N2O3. The summed E-state index contributed by atoms with van der Waals surface area (Å²) in [4.78, 5) is 12.2. The molecule has 0 saturated carbocycles. The van der Waals surface area contributed by atoms with E-state index >= 15 is 0 Å². The van der Waals surface area contributed by atoms with Gasteiger partial charge in [0.1, 0.15) is 17.1 Å². The molecule has 0 aliphatic heterocycles. The van der Waals surface area contributed by atoms with E-state index < -0.39 is 5.91 Å². The maximum absolute atomic E-state index is 12.2. The minimum atomic E-state index is -0.432. The van der Waals surface area contributed by atoms with Gasteiger partial charge >= 0.3 is 5.91 Å². The largest absolute Gasteiger partial charge is 0.455 e. The van der Waals surface area contributed by atoms with Crippen LogP contribution in [0.4, 0.5) is 0 Å². The molecule has 0 unspecified atom stereocenters.